The number of nitrogens with one attached hydrogen (secondary N) is 1. The third-order valence-corrected chi connectivity index (χ3v) is 6.92. The molecule has 1 N–H and O–H groups in total. The van der Waals surface area contributed by atoms with Crippen molar-refractivity contribution in [2.75, 3.05) is 18.2 Å². The number of esters is 1. The fraction of sp³-hybridized carbons (Fsp3) is 0.364. The Kier molecular flexibility index (Phi) is 8.78. The molecule has 0 radical (unpaired) electrons. The number of aryl methyl sites for hydroxylation is 1. The lowest BCUT2D eigenvalue weighted by Gasteiger charge is -2.11. The number of benzene rings is 1. The number of carbonyl (C=O) groups is 2. The minimum atomic E-state index is -4.47. The summed E-state index contributed by atoms with van der Waals surface area (Å²) in [7, 11) is 1.28. The lowest BCUT2D eigenvalue weighted by Crippen LogP contribution is -2.16. The first-order valence-corrected chi connectivity index (χ1v) is 12.3. The van der Waals surface area contributed by atoms with Crippen molar-refractivity contribution in [1.82, 2.24) is 14.8 Å². The molecule has 188 valence electrons. The summed E-state index contributed by atoms with van der Waals surface area (Å²) < 4.78 is 50.7. The van der Waals surface area contributed by atoms with Gasteiger partial charge in [0.05, 0.1) is 24.0 Å². The van der Waals surface area contributed by atoms with Crippen molar-refractivity contribution in [3.8, 4) is 5.75 Å². The summed E-state index contributed by atoms with van der Waals surface area (Å²) in [5.74, 6) is -0.390. The number of alkyl halides is 3. The van der Waals surface area contributed by atoms with E-state index in [1.807, 2.05) is 13.8 Å². The SMILES string of the molecule is CCc1cc(C(=O)OC)c(NC(=O)CSc2nnc(COc3cccc(C(F)(F)F)c3)n2CC)s1. The van der Waals surface area contributed by atoms with Crippen molar-refractivity contribution < 1.29 is 32.2 Å². The lowest BCUT2D eigenvalue weighted by atomic mass is 10.2. The van der Waals surface area contributed by atoms with E-state index in [9.17, 15) is 22.8 Å². The number of anilines is 1. The molecule has 1 aromatic carbocycles. The number of rotatable bonds is 10. The standard InChI is InChI=1S/C22H23F3N4O4S2/c1-4-15-10-16(20(31)32-3)19(35-15)26-18(30)12-34-21-28-27-17(29(21)5-2)11-33-14-8-6-7-13(9-14)22(23,24)25/h6-10H,4-5,11-12H2,1-3H3,(H,26,30). The molecule has 0 spiro atoms. The fourth-order valence-electron chi connectivity index (χ4n) is 3.02. The highest BCUT2D eigenvalue weighted by atomic mass is 32.2. The van der Waals surface area contributed by atoms with E-state index in [2.05, 4.69) is 15.5 Å². The van der Waals surface area contributed by atoms with Gasteiger partial charge in [0, 0.05) is 11.4 Å². The Morgan fingerprint density at radius 1 is 1.20 bits per heavy atom. The Labute approximate surface area is 207 Å². The summed E-state index contributed by atoms with van der Waals surface area (Å²) in [4.78, 5) is 25.4. The highest BCUT2D eigenvalue weighted by Gasteiger charge is 2.30. The number of amides is 1. The van der Waals surface area contributed by atoms with Crippen LogP contribution in [0.25, 0.3) is 0 Å². The Morgan fingerprint density at radius 2 is 1.97 bits per heavy atom. The van der Waals surface area contributed by atoms with Crippen LogP contribution in [0.1, 0.15) is 40.5 Å². The summed E-state index contributed by atoms with van der Waals surface area (Å²) in [5.41, 5.74) is -0.500. The molecule has 13 heteroatoms. The molecule has 0 aliphatic rings. The van der Waals surface area contributed by atoms with E-state index in [0.29, 0.717) is 34.5 Å². The number of thioether (sulfide) groups is 1. The lowest BCUT2D eigenvalue weighted by molar-refractivity contribution is -0.137. The molecule has 0 aliphatic heterocycles. The zero-order chi connectivity index (χ0) is 25.6. The molecule has 0 saturated carbocycles. The van der Waals surface area contributed by atoms with Gasteiger partial charge in [-0.3, -0.25) is 4.79 Å². The first kappa shape index (κ1) is 26.5. The van der Waals surface area contributed by atoms with Crippen molar-refractivity contribution in [2.24, 2.45) is 0 Å². The van der Waals surface area contributed by atoms with Gasteiger partial charge in [-0.1, -0.05) is 24.8 Å². The topological polar surface area (TPSA) is 95.3 Å². The van der Waals surface area contributed by atoms with E-state index in [1.165, 1.54) is 30.6 Å². The molecule has 0 fully saturated rings. The number of halogens is 3. The molecular formula is C22H23F3N4O4S2. The van der Waals surface area contributed by atoms with Crippen LogP contribution in [0.2, 0.25) is 0 Å². The van der Waals surface area contributed by atoms with Crippen LogP contribution in [0.15, 0.2) is 35.5 Å². The second kappa shape index (κ2) is 11.6. The number of thiophene rings is 1. The molecule has 3 aromatic rings. The van der Waals surface area contributed by atoms with Crippen LogP contribution in [0.5, 0.6) is 5.75 Å². The second-order valence-corrected chi connectivity index (χ2v) is 9.17. The van der Waals surface area contributed by atoms with E-state index in [0.717, 1.165) is 28.8 Å². The largest absolute Gasteiger partial charge is 0.486 e. The Bertz CT molecular complexity index is 1190. The zero-order valence-corrected chi connectivity index (χ0v) is 20.8. The van der Waals surface area contributed by atoms with E-state index in [4.69, 9.17) is 9.47 Å². The number of nitrogens with zero attached hydrogens (tertiary/aromatic N) is 3. The highest BCUT2D eigenvalue weighted by molar-refractivity contribution is 7.99. The third-order valence-electron chi connectivity index (χ3n) is 4.76. The molecule has 8 nitrogen and oxygen atoms in total. The molecule has 0 atom stereocenters. The highest BCUT2D eigenvalue weighted by Crippen LogP contribution is 2.32. The van der Waals surface area contributed by atoms with Gasteiger partial charge in [0.25, 0.3) is 0 Å². The van der Waals surface area contributed by atoms with Gasteiger partial charge in [-0.15, -0.1) is 21.5 Å². The van der Waals surface area contributed by atoms with Gasteiger partial charge in [0.15, 0.2) is 11.0 Å². The zero-order valence-electron chi connectivity index (χ0n) is 19.1. The number of hydrogen-bond donors (Lipinski definition) is 1. The van der Waals surface area contributed by atoms with Gasteiger partial charge >= 0.3 is 12.1 Å². The van der Waals surface area contributed by atoms with Crippen LogP contribution in [0.4, 0.5) is 18.2 Å². The smallest absolute Gasteiger partial charge is 0.416 e. The monoisotopic (exact) mass is 528 g/mol. The summed E-state index contributed by atoms with van der Waals surface area (Å²) in [6.45, 7) is 4.17. The molecule has 0 unspecified atom stereocenters. The molecule has 35 heavy (non-hydrogen) atoms. The van der Waals surface area contributed by atoms with E-state index < -0.39 is 17.7 Å². The molecule has 0 aliphatic carbocycles. The van der Waals surface area contributed by atoms with Crippen LogP contribution in [-0.4, -0.2) is 39.5 Å². The summed E-state index contributed by atoms with van der Waals surface area (Å²) in [5, 5.41) is 11.8. The number of ether oxygens (including phenoxy) is 2. The van der Waals surface area contributed by atoms with Crippen LogP contribution >= 0.6 is 23.1 Å². The van der Waals surface area contributed by atoms with Crippen molar-refractivity contribution >= 4 is 40.0 Å². The molecule has 2 aromatic heterocycles. The predicted octanol–water partition coefficient (Wildman–Crippen LogP) is 5.04. The maximum Gasteiger partial charge on any atom is 0.416 e. The van der Waals surface area contributed by atoms with Gasteiger partial charge in [0.2, 0.25) is 5.91 Å². The van der Waals surface area contributed by atoms with Crippen LogP contribution < -0.4 is 10.1 Å². The van der Waals surface area contributed by atoms with Gasteiger partial charge in [-0.2, -0.15) is 13.2 Å². The van der Waals surface area contributed by atoms with E-state index in [-0.39, 0.29) is 24.0 Å². The number of methoxy groups -OCH3 is 1. The van der Waals surface area contributed by atoms with Crippen LogP contribution in [0.3, 0.4) is 0 Å². The molecule has 0 saturated heterocycles. The second-order valence-electron chi connectivity index (χ2n) is 7.09. The average Bonchev–Trinajstić information content (AvgIpc) is 3.43. The Hall–Kier alpha value is -3.06. The van der Waals surface area contributed by atoms with Gasteiger partial charge < -0.3 is 19.4 Å². The first-order chi connectivity index (χ1) is 16.7. The minimum absolute atomic E-state index is 0.00654. The molecule has 3 rings (SSSR count). The Balaban J connectivity index is 1.62. The average molecular weight is 529 g/mol. The van der Waals surface area contributed by atoms with Crippen molar-refractivity contribution in [2.45, 2.75) is 44.8 Å². The molecular weight excluding hydrogens is 505 g/mol. The van der Waals surface area contributed by atoms with Crippen LogP contribution in [-0.2, 0) is 35.3 Å². The quantitative estimate of drug-likeness (QED) is 0.291. The molecule has 2 heterocycles. The first-order valence-electron chi connectivity index (χ1n) is 10.5. The minimum Gasteiger partial charge on any atom is -0.486 e. The fourth-order valence-corrected chi connectivity index (χ4v) is 4.85. The van der Waals surface area contributed by atoms with E-state index in [1.54, 1.807) is 10.6 Å². The summed E-state index contributed by atoms with van der Waals surface area (Å²) >= 11 is 2.45. The number of aromatic nitrogens is 3. The summed E-state index contributed by atoms with van der Waals surface area (Å²) in [6.07, 6.45) is -3.75. The van der Waals surface area contributed by atoms with Crippen LogP contribution in [0, 0.1) is 0 Å². The molecule has 0 bridgehead atoms. The molecule has 1 amide bonds. The number of hydrogen-bond acceptors (Lipinski definition) is 8. The third kappa shape index (κ3) is 6.75. The summed E-state index contributed by atoms with van der Waals surface area (Å²) in [6, 6.07) is 6.28. The maximum atomic E-state index is 12.9. The van der Waals surface area contributed by atoms with Crippen molar-refractivity contribution in [1.29, 1.82) is 0 Å². The normalized spacial score (nSPS) is 11.4. The Morgan fingerprint density at radius 3 is 2.63 bits per heavy atom. The van der Waals surface area contributed by atoms with Crippen molar-refractivity contribution in [3.05, 3.63) is 52.2 Å². The van der Waals surface area contributed by atoms with E-state index >= 15 is 0 Å². The van der Waals surface area contributed by atoms with Gasteiger partial charge in [-0.05, 0) is 37.6 Å². The maximum absolute atomic E-state index is 12.9. The van der Waals surface area contributed by atoms with Crippen molar-refractivity contribution in [3.63, 3.8) is 0 Å². The van der Waals surface area contributed by atoms with Gasteiger partial charge in [-0.25, -0.2) is 4.79 Å². The predicted molar refractivity (Wildman–Crippen MR) is 126 cm³/mol. The number of carbonyl (C=O) groups excluding carboxylic acids is 2. The van der Waals surface area contributed by atoms with Gasteiger partial charge in [0.1, 0.15) is 17.4 Å².